The minimum absolute atomic E-state index is 0.211. The number of carbonyl (C=O) groups is 2. The molecule has 1 aromatic rings. The molecular formula is C11H10F4N2O3. The molecule has 1 aromatic carbocycles. The van der Waals surface area contributed by atoms with E-state index in [4.69, 9.17) is 0 Å². The van der Waals surface area contributed by atoms with E-state index in [0.717, 1.165) is 0 Å². The summed E-state index contributed by atoms with van der Waals surface area (Å²) < 4.78 is 54.9. The van der Waals surface area contributed by atoms with Crippen LogP contribution in [0.2, 0.25) is 0 Å². The fourth-order valence-corrected chi connectivity index (χ4v) is 1.29. The molecule has 0 aliphatic heterocycles. The molecule has 2 amide bonds. The molecule has 9 heteroatoms. The molecule has 110 valence electrons. The molecular weight excluding hydrogens is 284 g/mol. The molecule has 0 atom stereocenters. The van der Waals surface area contributed by atoms with E-state index in [1.165, 1.54) is 0 Å². The van der Waals surface area contributed by atoms with Crippen LogP contribution in [0.1, 0.15) is 15.9 Å². The van der Waals surface area contributed by atoms with Crippen molar-refractivity contribution in [2.75, 3.05) is 13.2 Å². The van der Waals surface area contributed by atoms with E-state index < -0.39 is 35.1 Å². The van der Waals surface area contributed by atoms with Gasteiger partial charge in [-0.2, -0.15) is 13.2 Å². The van der Waals surface area contributed by atoms with Gasteiger partial charge in [0.1, 0.15) is 12.4 Å². The SMILES string of the molecule is NC(=O)OCCNC(=O)c1cc(C(F)(F)F)ccc1F. The number of nitrogens with two attached hydrogens (primary N) is 1. The third-order valence-electron chi connectivity index (χ3n) is 2.17. The van der Waals surface area contributed by atoms with E-state index in [1.54, 1.807) is 0 Å². The van der Waals surface area contributed by atoms with Crippen molar-refractivity contribution in [3.63, 3.8) is 0 Å². The molecule has 1 rings (SSSR count). The summed E-state index contributed by atoms with van der Waals surface area (Å²) in [5, 5.41) is 2.09. The van der Waals surface area contributed by atoms with Crippen molar-refractivity contribution in [2.45, 2.75) is 6.18 Å². The van der Waals surface area contributed by atoms with Crippen molar-refractivity contribution in [1.82, 2.24) is 5.32 Å². The average Bonchev–Trinajstić information content (AvgIpc) is 2.33. The molecule has 0 fully saturated rings. The summed E-state index contributed by atoms with van der Waals surface area (Å²) in [6, 6.07) is 1.49. The standard InChI is InChI=1S/C11H10F4N2O3/c12-8-2-1-6(11(13,14)15)5-7(8)9(18)17-3-4-20-10(16)19/h1-2,5H,3-4H2,(H2,16,19)(H,17,18). The number of amides is 2. The number of nitrogens with one attached hydrogen (secondary N) is 1. The van der Waals surface area contributed by atoms with Crippen molar-refractivity contribution >= 4 is 12.0 Å². The van der Waals surface area contributed by atoms with Gasteiger partial charge in [0.2, 0.25) is 0 Å². The van der Waals surface area contributed by atoms with Gasteiger partial charge in [-0.15, -0.1) is 0 Å². The normalized spacial score (nSPS) is 11.0. The Morgan fingerprint density at radius 2 is 1.95 bits per heavy atom. The largest absolute Gasteiger partial charge is 0.448 e. The molecule has 0 bridgehead atoms. The minimum atomic E-state index is -4.68. The fourth-order valence-electron chi connectivity index (χ4n) is 1.29. The number of carbonyl (C=O) groups excluding carboxylic acids is 2. The van der Waals surface area contributed by atoms with Crippen LogP contribution in [0.4, 0.5) is 22.4 Å². The monoisotopic (exact) mass is 294 g/mol. The van der Waals surface area contributed by atoms with E-state index in [0.29, 0.717) is 18.2 Å². The van der Waals surface area contributed by atoms with Crippen LogP contribution in [0, 0.1) is 5.82 Å². The Kier molecular flexibility index (Phi) is 4.89. The van der Waals surface area contributed by atoms with E-state index >= 15 is 0 Å². The Morgan fingerprint density at radius 1 is 1.30 bits per heavy atom. The van der Waals surface area contributed by atoms with Crippen molar-refractivity contribution in [2.24, 2.45) is 5.73 Å². The van der Waals surface area contributed by atoms with Crippen LogP contribution in [-0.4, -0.2) is 25.2 Å². The summed E-state index contributed by atoms with van der Waals surface area (Å²) in [7, 11) is 0. The number of benzene rings is 1. The summed E-state index contributed by atoms with van der Waals surface area (Å²) in [6.45, 7) is -0.487. The predicted molar refractivity (Wildman–Crippen MR) is 59.3 cm³/mol. The predicted octanol–water partition coefficient (Wildman–Crippen LogP) is 1.67. The van der Waals surface area contributed by atoms with Gasteiger partial charge in [-0.05, 0) is 18.2 Å². The summed E-state index contributed by atoms with van der Waals surface area (Å²) in [5.74, 6) is -2.15. The molecule has 0 aliphatic carbocycles. The molecule has 3 N–H and O–H groups in total. The number of rotatable bonds is 4. The summed E-state index contributed by atoms with van der Waals surface area (Å²) >= 11 is 0. The van der Waals surface area contributed by atoms with Crippen LogP contribution in [0.3, 0.4) is 0 Å². The number of halogens is 4. The number of ether oxygens (including phenoxy) is 1. The molecule has 0 spiro atoms. The zero-order chi connectivity index (χ0) is 15.3. The van der Waals surface area contributed by atoms with Gasteiger partial charge in [-0.3, -0.25) is 4.79 Å². The molecule has 0 saturated heterocycles. The van der Waals surface area contributed by atoms with Gasteiger partial charge in [0, 0.05) is 0 Å². The average molecular weight is 294 g/mol. The first-order valence-electron chi connectivity index (χ1n) is 5.29. The topological polar surface area (TPSA) is 81.4 Å². The molecule has 0 heterocycles. The highest BCUT2D eigenvalue weighted by molar-refractivity contribution is 5.94. The van der Waals surface area contributed by atoms with Crippen molar-refractivity contribution in [3.05, 3.63) is 35.1 Å². The van der Waals surface area contributed by atoms with Crippen LogP contribution in [-0.2, 0) is 10.9 Å². The van der Waals surface area contributed by atoms with E-state index in [1.807, 2.05) is 0 Å². The van der Waals surface area contributed by atoms with Crippen LogP contribution in [0.5, 0.6) is 0 Å². The van der Waals surface area contributed by atoms with Crippen LogP contribution in [0.25, 0.3) is 0 Å². The quantitative estimate of drug-likeness (QED) is 0.654. The highest BCUT2D eigenvalue weighted by atomic mass is 19.4. The number of hydrogen-bond acceptors (Lipinski definition) is 3. The highest BCUT2D eigenvalue weighted by Gasteiger charge is 2.31. The zero-order valence-electron chi connectivity index (χ0n) is 9.96. The first-order valence-corrected chi connectivity index (χ1v) is 5.29. The zero-order valence-corrected chi connectivity index (χ0v) is 9.96. The van der Waals surface area contributed by atoms with Crippen molar-refractivity contribution in [3.8, 4) is 0 Å². The molecule has 0 radical (unpaired) electrons. The first-order chi connectivity index (χ1) is 9.21. The van der Waals surface area contributed by atoms with Gasteiger partial charge in [0.15, 0.2) is 0 Å². The lowest BCUT2D eigenvalue weighted by Gasteiger charge is -2.10. The Hall–Kier alpha value is -2.32. The van der Waals surface area contributed by atoms with Gasteiger partial charge in [0.25, 0.3) is 5.91 Å². The molecule has 0 unspecified atom stereocenters. The Bertz CT molecular complexity index is 517. The lowest BCUT2D eigenvalue weighted by Crippen LogP contribution is -2.29. The van der Waals surface area contributed by atoms with Crippen LogP contribution < -0.4 is 11.1 Å². The second-order valence-corrected chi connectivity index (χ2v) is 3.62. The second-order valence-electron chi connectivity index (χ2n) is 3.62. The summed E-state index contributed by atoms with van der Waals surface area (Å²) in [6.07, 6.45) is -5.75. The van der Waals surface area contributed by atoms with Gasteiger partial charge in [0.05, 0.1) is 17.7 Å². The third-order valence-corrected chi connectivity index (χ3v) is 2.17. The van der Waals surface area contributed by atoms with Crippen molar-refractivity contribution in [1.29, 1.82) is 0 Å². The van der Waals surface area contributed by atoms with E-state index in [-0.39, 0.29) is 13.2 Å². The molecule has 0 aliphatic rings. The highest BCUT2D eigenvalue weighted by Crippen LogP contribution is 2.30. The molecule has 0 aromatic heterocycles. The van der Waals surface area contributed by atoms with E-state index in [2.05, 4.69) is 15.8 Å². The Morgan fingerprint density at radius 3 is 2.50 bits per heavy atom. The van der Waals surface area contributed by atoms with Gasteiger partial charge in [-0.25, -0.2) is 9.18 Å². The van der Waals surface area contributed by atoms with Crippen molar-refractivity contribution < 1.29 is 31.9 Å². The lowest BCUT2D eigenvalue weighted by atomic mass is 10.1. The molecule has 20 heavy (non-hydrogen) atoms. The summed E-state index contributed by atoms with van der Waals surface area (Å²) in [5.41, 5.74) is 2.76. The smallest absolute Gasteiger partial charge is 0.416 e. The molecule has 0 saturated carbocycles. The van der Waals surface area contributed by atoms with Gasteiger partial charge in [-0.1, -0.05) is 0 Å². The van der Waals surface area contributed by atoms with Gasteiger partial charge < -0.3 is 15.8 Å². The Balaban J connectivity index is 2.74. The first kappa shape index (κ1) is 15.7. The maximum Gasteiger partial charge on any atom is 0.416 e. The van der Waals surface area contributed by atoms with Crippen LogP contribution in [0.15, 0.2) is 18.2 Å². The van der Waals surface area contributed by atoms with Crippen LogP contribution >= 0.6 is 0 Å². The van der Waals surface area contributed by atoms with E-state index in [9.17, 15) is 27.2 Å². The lowest BCUT2D eigenvalue weighted by molar-refractivity contribution is -0.137. The Labute approximate surface area is 110 Å². The third kappa shape index (κ3) is 4.41. The summed E-state index contributed by atoms with van der Waals surface area (Å²) in [4.78, 5) is 21.7. The second kappa shape index (κ2) is 6.22. The fraction of sp³-hybridized carbons (Fsp3) is 0.273. The minimum Gasteiger partial charge on any atom is -0.448 e. The number of hydrogen-bond donors (Lipinski definition) is 2. The number of primary amides is 1. The maximum absolute atomic E-state index is 13.3. The number of alkyl halides is 3. The van der Waals surface area contributed by atoms with Gasteiger partial charge >= 0.3 is 12.3 Å². The maximum atomic E-state index is 13.3. The molecule has 5 nitrogen and oxygen atoms in total.